The Morgan fingerprint density at radius 1 is 1.03 bits per heavy atom. The van der Waals surface area contributed by atoms with Crippen molar-refractivity contribution in [2.45, 2.75) is 25.8 Å². The number of hydrogen-bond donors (Lipinski definition) is 3. The molecule has 0 spiro atoms. The van der Waals surface area contributed by atoms with Gasteiger partial charge in [-0.1, -0.05) is 30.3 Å². The fourth-order valence-corrected chi connectivity index (χ4v) is 3.81. The smallest absolute Gasteiger partial charge is 0.234 e. The fourth-order valence-electron chi connectivity index (χ4n) is 3.81. The highest BCUT2D eigenvalue weighted by atomic mass is 16.5. The van der Waals surface area contributed by atoms with Crippen molar-refractivity contribution in [3.63, 3.8) is 0 Å². The normalized spacial score (nSPS) is 12.2. The van der Waals surface area contributed by atoms with Crippen LogP contribution in [0.1, 0.15) is 30.9 Å². The molecule has 3 rings (SSSR count). The van der Waals surface area contributed by atoms with Gasteiger partial charge in [0.2, 0.25) is 11.8 Å². The number of para-hydroxylation sites is 1. The topological polar surface area (TPSA) is 86.5 Å². The molecule has 0 aliphatic rings. The molecule has 1 atom stereocenters. The SMILES string of the molecule is COc1ccc(C(CNC(=O)CN(C)CC(=O)NC(C)C)c2c[nH]c3ccccc23)cc1. The van der Waals surface area contributed by atoms with Crippen LogP contribution in [0.25, 0.3) is 10.9 Å². The van der Waals surface area contributed by atoms with Crippen LogP contribution >= 0.6 is 0 Å². The number of carbonyl (C=O) groups excluding carboxylic acids is 2. The van der Waals surface area contributed by atoms with Gasteiger partial charge >= 0.3 is 0 Å². The second kappa shape index (κ2) is 10.8. The lowest BCUT2D eigenvalue weighted by atomic mass is 9.90. The summed E-state index contributed by atoms with van der Waals surface area (Å²) < 4.78 is 5.29. The number of likely N-dealkylation sites (N-methyl/N-ethyl adjacent to an activating group) is 1. The molecular weight excluding hydrogens is 404 g/mol. The molecule has 1 unspecified atom stereocenters. The first-order valence-electron chi connectivity index (χ1n) is 10.8. The molecule has 0 saturated carbocycles. The summed E-state index contributed by atoms with van der Waals surface area (Å²) in [6.45, 7) is 4.59. The molecule has 2 amide bonds. The van der Waals surface area contributed by atoms with Crippen LogP contribution in [0.4, 0.5) is 0 Å². The molecule has 0 saturated heterocycles. The first-order valence-corrected chi connectivity index (χ1v) is 10.8. The molecule has 170 valence electrons. The molecule has 0 radical (unpaired) electrons. The Labute approximate surface area is 189 Å². The number of aromatic amines is 1. The zero-order chi connectivity index (χ0) is 23.1. The molecule has 3 N–H and O–H groups in total. The highest BCUT2D eigenvalue weighted by molar-refractivity contribution is 5.85. The summed E-state index contributed by atoms with van der Waals surface area (Å²) in [5.74, 6) is 0.542. The van der Waals surface area contributed by atoms with Gasteiger partial charge in [0.1, 0.15) is 5.75 Å². The van der Waals surface area contributed by atoms with E-state index in [-0.39, 0.29) is 36.9 Å². The van der Waals surface area contributed by atoms with Crippen LogP contribution in [0.5, 0.6) is 5.75 Å². The number of aromatic nitrogens is 1. The van der Waals surface area contributed by atoms with Crippen molar-refractivity contribution >= 4 is 22.7 Å². The van der Waals surface area contributed by atoms with E-state index in [1.165, 1.54) is 0 Å². The maximum absolute atomic E-state index is 12.6. The average molecular weight is 437 g/mol. The number of H-pyrrole nitrogens is 1. The number of nitrogens with one attached hydrogen (secondary N) is 3. The number of methoxy groups -OCH3 is 1. The van der Waals surface area contributed by atoms with Crippen LogP contribution in [-0.4, -0.2) is 61.5 Å². The fraction of sp³-hybridized carbons (Fsp3) is 0.360. The number of carbonyl (C=O) groups is 2. The molecule has 2 aromatic carbocycles. The third-order valence-corrected chi connectivity index (χ3v) is 5.29. The summed E-state index contributed by atoms with van der Waals surface area (Å²) >= 11 is 0. The van der Waals surface area contributed by atoms with E-state index in [1.807, 2.05) is 62.5 Å². The molecule has 0 aliphatic heterocycles. The van der Waals surface area contributed by atoms with E-state index >= 15 is 0 Å². The largest absolute Gasteiger partial charge is 0.497 e. The van der Waals surface area contributed by atoms with Gasteiger partial charge in [-0.2, -0.15) is 0 Å². The van der Waals surface area contributed by atoms with Crippen LogP contribution in [0.3, 0.4) is 0 Å². The van der Waals surface area contributed by atoms with Crippen LogP contribution in [0.2, 0.25) is 0 Å². The summed E-state index contributed by atoms with van der Waals surface area (Å²) in [4.78, 5) is 29.6. The molecule has 1 aromatic heterocycles. The molecule has 7 heteroatoms. The molecule has 1 heterocycles. The van der Waals surface area contributed by atoms with Gasteiger partial charge in [0.15, 0.2) is 0 Å². The molecule has 0 aliphatic carbocycles. The van der Waals surface area contributed by atoms with Crippen LogP contribution in [-0.2, 0) is 9.59 Å². The van der Waals surface area contributed by atoms with Crippen LogP contribution < -0.4 is 15.4 Å². The Balaban J connectivity index is 1.72. The number of amides is 2. The van der Waals surface area contributed by atoms with Crippen LogP contribution in [0, 0.1) is 0 Å². The van der Waals surface area contributed by atoms with Gasteiger partial charge in [-0.25, -0.2) is 0 Å². The van der Waals surface area contributed by atoms with Gasteiger partial charge in [0.05, 0.1) is 20.2 Å². The molecule has 7 nitrogen and oxygen atoms in total. The monoisotopic (exact) mass is 436 g/mol. The minimum absolute atomic E-state index is 0.0319. The lowest BCUT2D eigenvalue weighted by Crippen LogP contribution is -2.43. The van der Waals surface area contributed by atoms with Gasteiger partial charge in [-0.05, 0) is 50.2 Å². The van der Waals surface area contributed by atoms with Crippen molar-refractivity contribution in [3.05, 3.63) is 65.9 Å². The maximum atomic E-state index is 12.6. The number of hydrogen-bond acceptors (Lipinski definition) is 4. The summed E-state index contributed by atoms with van der Waals surface area (Å²) in [6, 6.07) is 16.1. The van der Waals surface area contributed by atoms with E-state index in [2.05, 4.69) is 21.7 Å². The number of fused-ring (bicyclic) bond motifs is 1. The van der Waals surface area contributed by atoms with Crippen molar-refractivity contribution in [1.82, 2.24) is 20.5 Å². The number of nitrogens with zero attached hydrogens (tertiary/aromatic N) is 1. The summed E-state index contributed by atoms with van der Waals surface area (Å²) in [5.41, 5.74) is 3.26. The first-order chi connectivity index (χ1) is 15.4. The van der Waals surface area contributed by atoms with Gasteiger partial charge in [-0.15, -0.1) is 0 Å². The molecule has 0 bridgehead atoms. The van der Waals surface area contributed by atoms with Gasteiger partial charge in [-0.3, -0.25) is 14.5 Å². The minimum Gasteiger partial charge on any atom is -0.497 e. The highest BCUT2D eigenvalue weighted by Crippen LogP contribution is 2.31. The third kappa shape index (κ3) is 6.11. The van der Waals surface area contributed by atoms with Crippen LogP contribution in [0.15, 0.2) is 54.7 Å². The zero-order valence-electron chi connectivity index (χ0n) is 19.1. The molecule has 3 aromatic rings. The van der Waals surface area contributed by atoms with E-state index < -0.39 is 0 Å². The zero-order valence-corrected chi connectivity index (χ0v) is 19.1. The lowest BCUT2D eigenvalue weighted by Gasteiger charge is -2.21. The lowest BCUT2D eigenvalue weighted by molar-refractivity contribution is -0.124. The molecule has 0 fully saturated rings. The first kappa shape index (κ1) is 23.3. The number of benzene rings is 2. The number of rotatable bonds is 10. The summed E-state index contributed by atoms with van der Waals surface area (Å²) in [7, 11) is 3.41. The van der Waals surface area contributed by atoms with Crippen molar-refractivity contribution < 1.29 is 14.3 Å². The minimum atomic E-state index is -0.122. The Kier molecular flexibility index (Phi) is 7.89. The molecule has 32 heavy (non-hydrogen) atoms. The quantitative estimate of drug-likeness (QED) is 0.456. The standard InChI is InChI=1S/C25H32N4O3/c1-17(2)28-25(31)16-29(3)15-24(30)27-13-21(18-9-11-19(32-4)12-10-18)22-14-26-23-8-6-5-7-20(22)23/h5-12,14,17,21,26H,13,15-16H2,1-4H3,(H,27,30)(H,28,31). The van der Waals surface area contributed by atoms with Gasteiger partial charge in [0.25, 0.3) is 0 Å². The van der Waals surface area contributed by atoms with Crippen molar-refractivity contribution in [3.8, 4) is 5.75 Å². The van der Waals surface area contributed by atoms with Gasteiger partial charge < -0.3 is 20.4 Å². The van der Waals surface area contributed by atoms with E-state index in [4.69, 9.17) is 4.74 Å². The van der Waals surface area contributed by atoms with E-state index in [1.54, 1.807) is 19.1 Å². The predicted molar refractivity (Wildman–Crippen MR) is 127 cm³/mol. The van der Waals surface area contributed by atoms with E-state index in [9.17, 15) is 9.59 Å². The number of ether oxygens (including phenoxy) is 1. The summed E-state index contributed by atoms with van der Waals surface area (Å²) in [5, 5.41) is 7.02. The second-order valence-corrected chi connectivity index (χ2v) is 8.31. The second-order valence-electron chi connectivity index (χ2n) is 8.31. The van der Waals surface area contributed by atoms with Crippen molar-refractivity contribution in [1.29, 1.82) is 0 Å². The predicted octanol–water partition coefficient (Wildman–Crippen LogP) is 2.88. The Morgan fingerprint density at radius 2 is 1.72 bits per heavy atom. The van der Waals surface area contributed by atoms with Gasteiger partial charge in [0, 0.05) is 35.6 Å². The average Bonchev–Trinajstić information content (AvgIpc) is 3.17. The molecular formula is C25H32N4O3. The Morgan fingerprint density at radius 3 is 2.41 bits per heavy atom. The van der Waals surface area contributed by atoms with Crippen molar-refractivity contribution in [2.24, 2.45) is 0 Å². The Bertz CT molecular complexity index is 1040. The third-order valence-electron chi connectivity index (χ3n) is 5.29. The van der Waals surface area contributed by atoms with E-state index in [0.29, 0.717) is 6.54 Å². The van der Waals surface area contributed by atoms with E-state index in [0.717, 1.165) is 27.8 Å². The maximum Gasteiger partial charge on any atom is 0.234 e. The summed E-state index contributed by atoms with van der Waals surface area (Å²) in [6.07, 6.45) is 2.01. The Hall–Kier alpha value is -3.32. The highest BCUT2D eigenvalue weighted by Gasteiger charge is 2.20. The van der Waals surface area contributed by atoms with Crippen molar-refractivity contribution in [2.75, 3.05) is 33.8 Å².